The Hall–Kier alpha value is -2.13. The van der Waals surface area contributed by atoms with Crippen LogP contribution in [0, 0.1) is 6.92 Å². The molecule has 0 radical (unpaired) electrons. The van der Waals surface area contributed by atoms with E-state index in [1.807, 2.05) is 0 Å². The molecule has 0 saturated heterocycles. The molecule has 1 heterocycles. The number of hydrogen-bond donors (Lipinski definition) is 2. The van der Waals surface area contributed by atoms with Gasteiger partial charge in [0.15, 0.2) is 4.34 Å². The molecule has 0 atom stereocenters. The fraction of sp³-hybridized carbons (Fsp3) is 0.167. The second-order valence-corrected chi connectivity index (χ2v) is 6.29. The highest BCUT2D eigenvalue weighted by Gasteiger charge is 2.09. The molecule has 110 valence electrons. The largest absolute Gasteiger partial charge is 0.545 e. The smallest absolute Gasteiger partial charge is 0.234 e. The fourth-order valence-electron chi connectivity index (χ4n) is 1.52. The first-order valence-corrected chi connectivity index (χ1v) is 7.59. The van der Waals surface area contributed by atoms with E-state index in [-0.39, 0.29) is 17.2 Å². The molecule has 0 unspecified atom stereocenters. The molecule has 0 fully saturated rings. The molecule has 1 amide bonds. The third kappa shape index (κ3) is 4.17. The van der Waals surface area contributed by atoms with Gasteiger partial charge in [0.25, 0.3) is 0 Å². The van der Waals surface area contributed by atoms with Gasteiger partial charge in [0.2, 0.25) is 11.0 Å². The van der Waals surface area contributed by atoms with Crippen molar-refractivity contribution in [3.63, 3.8) is 0 Å². The summed E-state index contributed by atoms with van der Waals surface area (Å²) in [5.74, 6) is -1.31. The van der Waals surface area contributed by atoms with E-state index in [0.717, 1.165) is 0 Å². The number of amides is 1. The predicted octanol–water partition coefficient (Wildman–Crippen LogP) is 0.523. The summed E-state index contributed by atoms with van der Waals surface area (Å²) in [6.45, 7) is 1.71. The van der Waals surface area contributed by atoms with Crippen LogP contribution in [0.25, 0.3) is 0 Å². The maximum Gasteiger partial charge on any atom is 0.234 e. The van der Waals surface area contributed by atoms with Crippen LogP contribution in [0.3, 0.4) is 0 Å². The van der Waals surface area contributed by atoms with Crippen LogP contribution in [0.1, 0.15) is 15.9 Å². The molecule has 0 aliphatic heterocycles. The zero-order valence-corrected chi connectivity index (χ0v) is 12.6. The zero-order chi connectivity index (χ0) is 15.4. The number of thioether (sulfide) groups is 1. The molecule has 0 aliphatic rings. The quantitative estimate of drug-likeness (QED) is 0.769. The molecule has 3 N–H and O–H groups in total. The third-order valence-electron chi connectivity index (χ3n) is 2.49. The number of aromatic carboxylic acids is 1. The molecule has 2 aromatic rings. The van der Waals surface area contributed by atoms with Crippen molar-refractivity contribution < 1.29 is 14.7 Å². The van der Waals surface area contributed by atoms with E-state index in [1.54, 1.807) is 6.92 Å². The van der Waals surface area contributed by atoms with E-state index in [2.05, 4.69) is 15.5 Å². The van der Waals surface area contributed by atoms with Crippen LogP contribution in [0.2, 0.25) is 0 Å². The molecule has 2 rings (SSSR count). The third-order valence-corrected chi connectivity index (χ3v) is 4.37. The molecular formula is C12H11N4O3S2-. The minimum Gasteiger partial charge on any atom is -0.545 e. The summed E-state index contributed by atoms with van der Waals surface area (Å²) >= 11 is 2.44. The molecule has 0 bridgehead atoms. The lowest BCUT2D eigenvalue weighted by Crippen LogP contribution is -2.22. The van der Waals surface area contributed by atoms with E-state index in [9.17, 15) is 14.7 Å². The van der Waals surface area contributed by atoms with Crippen molar-refractivity contribution in [2.75, 3.05) is 16.8 Å². The summed E-state index contributed by atoms with van der Waals surface area (Å²) in [4.78, 5) is 22.6. The van der Waals surface area contributed by atoms with E-state index in [4.69, 9.17) is 5.73 Å². The number of rotatable bonds is 5. The van der Waals surface area contributed by atoms with Crippen LogP contribution in [0.15, 0.2) is 22.5 Å². The van der Waals surface area contributed by atoms with Gasteiger partial charge in [-0.2, -0.15) is 0 Å². The summed E-state index contributed by atoms with van der Waals surface area (Å²) in [7, 11) is 0. The van der Waals surface area contributed by atoms with Crippen molar-refractivity contribution in [1.29, 1.82) is 0 Å². The van der Waals surface area contributed by atoms with E-state index in [0.29, 0.717) is 20.7 Å². The molecular weight excluding hydrogens is 312 g/mol. The number of anilines is 2. The number of benzene rings is 1. The van der Waals surface area contributed by atoms with Crippen LogP contribution in [0.5, 0.6) is 0 Å². The Kier molecular flexibility index (Phi) is 4.76. The number of aryl methyl sites for hydroxylation is 1. The lowest BCUT2D eigenvalue weighted by molar-refractivity contribution is -0.255. The standard InChI is InChI=1S/C12H12N4O3S2/c1-6-4-7(10(18)19)2-3-8(6)14-9(17)5-20-12-16-15-11(13)21-12/h2-4H,5H2,1H3,(H2,13,15)(H,14,17)(H,18,19)/p-1. The highest BCUT2D eigenvalue weighted by Crippen LogP contribution is 2.24. The first-order valence-electron chi connectivity index (χ1n) is 5.79. The summed E-state index contributed by atoms with van der Waals surface area (Å²) in [5, 5.41) is 21.2. The molecule has 7 nitrogen and oxygen atoms in total. The Balaban J connectivity index is 1.94. The normalized spacial score (nSPS) is 10.3. The number of carbonyl (C=O) groups is 2. The van der Waals surface area contributed by atoms with Crippen molar-refractivity contribution in [2.24, 2.45) is 0 Å². The highest BCUT2D eigenvalue weighted by atomic mass is 32.2. The summed E-state index contributed by atoms with van der Waals surface area (Å²) < 4.78 is 0.617. The number of carboxylic acids is 1. The molecule has 0 saturated carbocycles. The van der Waals surface area contributed by atoms with Crippen molar-refractivity contribution in [3.05, 3.63) is 29.3 Å². The van der Waals surface area contributed by atoms with Gasteiger partial charge in [0.1, 0.15) is 0 Å². The van der Waals surface area contributed by atoms with Gasteiger partial charge in [0, 0.05) is 5.69 Å². The van der Waals surface area contributed by atoms with Gasteiger partial charge < -0.3 is 21.0 Å². The van der Waals surface area contributed by atoms with Crippen molar-refractivity contribution >= 4 is 45.8 Å². The first-order chi connectivity index (χ1) is 9.95. The van der Waals surface area contributed by atoms with Gasteiger partial charge in [0.05, 0.1) is 11.7 Å². The van der Waals surface area contributed by atoms with Crippen LogP contribution < -0.4 is 16.2 Å². The van der Waals surface area contributed by atoms with Gasteiger partial charge >= 0.3 is 0 Å². The lowest BCUT2D eigenvalue weighted by atomic mass is 10.1. The van der Waals surface area contributed by atoms with Gasteiger partial charge in [-0.1, -0.05) is 29.2 Å². The maximum atomic E-state index is 11.8. The van der Waals surface area contributed by atoms with E-state index >= 15 is 0 Å². The Morgan fingerprint density at radius 2 is 2.19 bits per heavy atom. The first kappa shape index (κ1) is 15.3. The van der Waals surface area contributed by atoms with Gasteiger partial charge in [-0.3, -0.25) is 4.79 Å². The monoisotopic (exact) mass is 323 g/mol. The topological polar surface area (TPSA) is 121 Å². The second kappa shape index (κ2) is 6.55. The van der Waals surface area contributed by atoms with Crippen LogP contribution in [0.4, 0.5) is 10.8 Å². The number of nitrogens with two attached hydrogens (primary N) is 1. The molecule has 0 spiro atoms. The second-order valence-electron chi connectivity index (χ2n) is 4.06. The molecule has 1 aromatic heterocycles. The molecule has 0 aliphatic carbocycles. The van der Waals surface area contributed by atoms with E-state index < -0.39 is 5.97 Å². The van der Waals surface area contributed by atoms with Gasteiger partial charge in [-0.15, -0.1) is 10.2 Å². The number of carbonyl (C=O) groups excluding carboxylic acids is 2. The molecule has 1 aromatic carbocycles. The van der Waals surface area contributed by atoms with E-state index in [1.165, 1.54) is 41.3 Å². The zero-order valence-electron chi connectivity index (χ0n) is 11.0. The number of carboxylic acid groups (broad SMARTS) is 1. The van der Waals surface area contributed by atoms with Crippen molar-refractivity contribution in [3.8, 4) is 0 Å². The summed E-state index contributed by atoms with van der Waals surface area (Å²) in [6.07, 6.45) is 0. The average molecular weight is 323 g/mol. The highest BCUT2D eigenvalue weighted by molar-refractivity contribution is 8.01. The summed E-state index contributed by atoms with van der Waals surface area (Å²) in [5.41, 5.74) is 6.72. The number of hydrogen-bond acceptors (Lipinski definition) is 8. The van der Waals surface area contributed by atoms with Crippen LogP contribution >= 0.6 is 23.1 Å². The Labute approximate surface area is 128 Å². The average Bonchev–Trinajstić information content (AvgIpc) is 2.84. The lowest BCUT2D eigenvalue weighted by Gasteiger charge is -2.10. The van der Waals surface area contributed by atoms with Crippen molar-refractivity contribution in [2.45, 2.75) is 11.3 Å². The number of nitrogens with one attached hydrogen (secondary N) is 1. The Bertz CT molecular complexity index is 687. The number of aromatic nitrogens is 2. The number of nitrogens with zero attached hydrogens (tertiary/aromatic N) is 2. The van der Waals surface area contributed by atoms with Gasteiger partial charge in [-0.25, -0.2) is 0 Å². The minimum atomic E-state index is -1.25. The predicted molar refractivity (Wildman–Crippen MR) is 79.2 cm³/mol. The molecule has 9 heteroatoms. The SMILES string of the molecule is Cc1cc(C(=O)[O-])ccc1NC(=O)CSc1nnc(N)s1. The maximum absolute atomic E-state index is 11.8. The minimum absolute atomic E-state index is 0.0733. The van der Waals surface area contributed by atoms with Crippen LogP contribution in [-0.2, 0) is 4.79 Å². The van der Waals surface area contributed by atoms with Crippen molar-refractivity contribution in [1.82, 2.24) is 10.2 Å². The fourth-order valence-corrected chi connectivity index (χ4v) is 2.96. The Morgan fingerprint density at radius 3 is 2.76 bits per heavy atom. The molecule has 21 heavy (non-hydrogen) atoms. The Morgan fingerprint density at radius 1 is 1.43 bits per heavy atom. The summed E-state index contributed by atoms with van der Waals surface area (Å²) in [6, 6.07) is 4.37. The van der Waals surface area contributed by atoms with Crippen LogP contribution in [-0.4, -0.2) is 27.8 Å². The number of nitrogen functional groups attached to an aromatic ring is 1. The van der Waals surface area contributed by atoms with Gasteiger partial charge in [-0.05, 0) is 30.2 Å².